The summed E-state index contributed by atoms with van der Waals surface area (Å²) in [6.07, 6.45) is 1.99. The summed E-state index contributed by atoms with van der Waals surface area (Å²) in [6, 6.07) is 12.9. The number of rotatable bonds is 5. The van der Waals surface area contributed by atoms with Gasteiger partial charge in [-0.1, -0.05) is 29.8 Å². The monoisotopic (exact) mass is 488 g/mol. The molecule has 3 aromatic rings. The van der Waals surface area contributed by atoms with Crippen LogP contribution in [0.4, 0.5) is 10.2 Å². The Morgan fingerprint density at radius 3 is 2.48 bits per heavy atom. The summed E-state index contributed by atoms with van der Waals surface area (Å²) in [5, 5.41) is 3.59. The molecule has 2 fully saturated rings. The summed E-state index contributed by atoms with van der Waals surface area (Å²) in [6.45, 7) is 1.28. The first-order valence-electron chi connectivity index (χ1n) is 10.7. The minimum Gasteiger partial charge on any atom is -0.354 e. The van der Waals surface area contributed by atoms with Crippen LogP contribution in [0.5, 0.6) is 0 Å². The zero-order valence-corrected chi connectivity index (χ0v) is 19.2. The van der Waals surface area contributed by atoms with Crippen molar-refractivity contribution in [2.24, 2.45) is 0 Å². The van der Waals surface area contributed by atoms with E-state index in [1.807, 2.05) is 29.2 Å². The normalized spacial score (nSPS) is 17.3. The summed E-state index contributed by atoms with van der Waals surface area (Å²) < 4.78 is 40.8. The van der Waals surface area contributed by atoms with Crippen molar-refractivity contribution >= 4 is 44.3 Å². The number of piperazine rings is 1. The number of halogens is 2. The molecule has 0 radical (unpaired) electrons. The molecular formula is C23H22ClFN4O3S. The van der Waals surface area contributed by atoms with E-state index in [1.165, 1.54) is 10.4 Å². The van der Waals surface area contributed by atoms with Gasteiger partial charge in [-0.25, -0.2) is 17.8 Å². The van der Waals surface area contributed by atoms with Crippen LogP contribution in [0.15, 0.2) is 53.4 Å². The van der Waals surface area contributed by atoms with Crippen molar-refractivity contribution in [2.45, 2.75) is 23.8 Å². The quantitative estimate of drug-likeness (QED) is 0.595. The third-order valence-electron chi connectivity index (χ3n) is 5.95. The van der Waals surface area contributed by atoms with E-state index in [9.17, 15) is 17.6 Å². The van der Waals surface area contributed by atoms with Crippen molar-refractivity contribution < 1.29 is 17.6 Å². The number of carbonyl (C=O) groups is 1. The molecule has 2 aliphatic rings. The molecule has 1 saturated heterocycles. The van der Waals surface area contributed by atoms with Crippen LogP contribution in [0.1, 0.15) is 23.2 Å². The number of hydrogen-bond donors (Lipinski definition) is 1. The predicted octanol–water partition coefficient (Wildman–Crippen LogP) is 3.43. The van der Waals surface area contributed by atoms with Gasteiger partial charge in [-0.05, 0) is 43.2 Å². The standard InChI is InChI=1S/C23H22ClFN4O3S/c24-19-13-16(7-8-20(19)25)33(31,32)29-11-9-28(10-12-29)22-14-18(23(30)26-15-5-6-15)17-3-1-2-4-21(17)27-22/h1-4,7-8,13-15H,5-6,9-12H2,(H,26,30). The van der Waals surface area contributed by atoms with E-state index in [0.29, 0.717) is 30.0 Å². The highest BCUT2D eigenvalue weighted by Crippen LogP contribution is 2.27. The summed E-state index contributed by atoms with van der Waals surface area (Å²) in [5.74, 6) is -0.146. The zero-order valence-electron chi connectivity index (χ0n) is 17.7. The Bertz CT molecular complexity index is 1340. The van der Waals surface area contributed by atoms with Crippen LogP contribution in [-0.4, -0.2) is 55.8 Å². The van der Waals surface area contributed by atoms with Gasteiger partial charge in [0, 0.05) is 37.6 Å². The Kier molecular flexibility index (Phi) is 5.72. The zero-order chi connectivity index (χ0) is 23.2. The second-order valence-corrected chi connectivity index (χ2v) is 10.6. The van der Waals surface area contributed by atoms with E-state index in [1.54, 1.807) is 6.07 Å². The van der Waals surface area contributed by atoms with Gasteiger partial charge in [0.2, 0.25) is 10.0 Å². The van der Waals surface area contributed by atoms with Crippen LogP contribution in [0.25, 0.3) is 10.9 Å². The molecule has 2 heterocycles. The smallest absolute Gasteiger partial charge is 0.252 e. The average molecular weight is 489 g/mol. The number of anilines is 1. The van der Waals surface area contributed by atoms with E-state index in [4.69, 9.17) is 16.6 Å². The van der Waals surface area contributed by atoms with Gasteiger partial charge in [-0.3, -0.25) is 4.79 Å². The molecule has 1 N–H and O–H groups in total. The minimum absolute atomic E-state index is 0.0368. The maximum Gasteiger partial charge on any atom is 0.252 e. The minimum atomic E-state index is -3.80. The number of nitrogens with one attached hydrogen (secondary N) is 1. The third-order valence-corrected chi connectivity index (χ3v) is 8.14. The lowest BCUT2D eigenvalue weighted by molar-refractivity contribution is 0.0952. The molecule has 33 heavy (non-hydrogen) atoms. The second kappa shape index (κ2) is 8.55. The third kappa shape index (κ3) is 4.40. The molecule has 10 heteroatoms. The van der Waals surface area contributed by atoms with Crippen LogP contribution in [-0.2, 0) is 10.0 Å². The maximum absolute atomic E-state index is 13.5. The van der Waals surface area contributed by atoms with Crippen LogP contribution >= 0.6 is 11.6 Å². The summed E-state index contributed by atoms with van der Waals surface area (Å²) in [7, 11) is -3.80. The van der Waals surface area contributed by atoms with Crippen molar-refractivity contribution in [3.8, 4) is 0 Å². The Balaban J connectivity index is 1.38. The van der Waals surface area contributed by atoms with Crippen LogP contribution in [0.3, 0.4) is 0 Å². The van der Waals surface area contributed by atoms with Crippen molar-refractivity contribution in [2.75, 3.05) is 31.1 Å². The SMILES string of the molecule is O=C(NC1CC1)c1cc(N2CCN(S(=O)(=O)c3ccc(F)c(Cl)c3)CC2)nc2ccccc12. The number of aromatic nitrogens is 1. The van der Waals surface area contributed by atoms with Crippen molar-refractivity contribution in [3.63, 3.8) is 0 Å². The van der Waals surface area contributed by atoms with Gasteiger partial charge in [-0.15, -0.1) is 0 Å². The molecule has 1 aromatic heterocycles. The lowest BCUT2D eigenvalue weighted by Gasteiger charge is -2.35. The van der Waals surface area contributed by atoms with Gasteiger partial charge < -0.3 is 10.2 Å². The molecule has 0 atom stereocenters. The summed E-state index contributed by atoms with van der Waals surface area (Å²) in [4.78, 5) is 19.5. The number of hydrogen-bond acceptors (Lipinski definition) is 5. The fraction of sp³-hybridized carbons (Fsp3) is 0.304. The maximum atomic E-state index is 13.5. The first-order chi connectivity index (χ1) is 15.8. The number of pyridine rings is 1. The molecule has 0 spiro atoms. The topological polar surface area (TPSA) is 82.6 Å². The Hall–Kier alpha value is -2.75. The lowest BCUT2D eigenvalue weighted by Crippen LogP contribution is -2.49. The summed E-state index contributed by atoms with van der Waals surface area (Å²) in [5.41, 5.74) is 1.28. The van der Waals surface area contributed by atoms with E-state index in [-0.39, 0.29) is 35.0 Å². The highest BCUT2D eigenvalue weighted by atomic mass is 35.5. The molecule has 1 aliphatic heterocycles. The second-order valence-electron chi connectivity index (χ2n) is 8.26. The van der Waals surface area contributed by atoms with Gasteiger partial charge in [0.05, 0.1) is 21.0 Å². The Morgan fingerprint density at radius 2 is 1.79 bits per heavy atom. The highest BCUT2D eigenvalue weighted by molar-refractivity contribution is 7.89. The molecule has 0 bridgehead atoms. The molecular weight excluding hydrogens is 467 g/mol. The van der Waals surface area contributed by atoms with Crippen molar-refractivity contribution in [1.82, 2.24) is 14.6 Å². The van der Waals surface area contributed by atoms with Gasteiger partial charge >= 0.3 is 0 Å². The number of sulfonamides is 1. The first-order valence-corrected chi connectivity index (χ1v) is 12.6. The predicted molar refractivity (Wildman–Crippen MR) is 125 cm³/mol. The lowest BCUT2D eigenvalue weighted by atomic mass is 10.1. The van der Waals surface area contributed by atoms with E-state index >= 15 is 0 Å². The van der Waals surface area contributed by atoms with Gasteiger partial charge in [0.25, 0.3) is 5.91 Å². The molecule has 0 unspecified atom stereocenters. The van der Waals surface area contributed by atoms with Crippen LogP contribution < -0.4 is 10.2 Å². The first kappa shape index (κ1) is 22.1. The summed E-state index contributed by atoms with van der Waals surface area (Å²) >= 11 is 5.78. The Labute approximate surface area is 196 Å². The fourth-order valence-corrected chi connectivity index (χ4v) is 5.64. The number of benzene rings is 2. The number of amides is 1. The van der Waals surface area contributed by atoms with Gasteiger partial charge in [-0.2, -0.15) is 4.31 Å². The fourth-order valence-electron chi connectivity index (χ4n) is 3.95. The van der Waals surface area contributed by atoms with E-state index in [0.717, 1.165) is 30.4 Å². The molecule has 1 saturated carbocycles. The molecule has 7 nitrogen and oxygen atoms in total. The number of nitrogens with zero attached hydrogens (tertiary/aromatic N) is 3. The van der Waals surface area contributed by atoms with Crippen molar-refractivity contribution in [3.05, 3.63) is 64.9 Å². The average Bonchev–Trinajstić information content (AvgIpc) is 3.64. The molecule has 1 aliphatic carbocycles. The van der Waals surface area contributed by atoms with Gasteiger partial charge in [0.15, 0.2) is 0 Å². The van der Waals surface area contributed by atoms with Crippen LogP contribution in [0, 0.1) is 5.82 Å². The number of carbonyl (C=O) groups excluding carboxylic acids is 1. The molecule has 172 valence electrons. The molecule has 1 amide bonds. The van der Waals surface area contributed by atoms with Crippen molar-refractivity contribution in [1.29, 1.82) is 0 Å². The van der Waals surface area contributed by atoms with Crippen LogP contribution in [0.2, 0.25) is 5.02 Å². The molecule has 2 aromatic carbocycles. The van der Waals surface area contributed by atoms with E-state index < -0.39 is 15.8 Å². The number of para-hydroxylation sites is 1. The highest BCUT2D eigenvalue weighted by Gasteiger charge is 2.30. The number of fused-ring (bicyclic) bond motifs is 1. The molecule has 5 rings (SSSR count). The largest absolute Gasteiger partial charge is 0.354 e. The van der Waals surface area contributed by atoms with Gasteiger partial charge in [0.1, 0.15) is 11.6 Å². The Morgan fingerprint density at radius 1 is 1.06 bits per heavy atom. The van der Waals surface area contributed by atoms with E-state index in [2.05, 4.69) is 5.32 Å².